The lowest BCUT2D eigenvalue weighted by atomic mass is 9.95. The van der Waals surface area contributed by atoms with Crippen molar-refractivity contribution in [2.24, 2.45) is 28.2 Å². The first kappa shape index (κ1) is 39.0. The number of hydrogen-bond acceptors (Lipinski definition) is 0. The Labute approximate surface area is 464 Å². The highest BCUT2D eigenvalue weighted by atomic mass is 14.9. The Morgan fingerprint density at radius 1 is 0.370 bits per heavy atom. The summed E-state index contributed by atoms with van der Waals surface area (Å²) >= 11 is 0. The van der Waals surface area contributed by atoms with Gasteiger partial charge in [-0.25, -0.2) is 18.3 Å². The fourth-order valence-corrected chi connectivity index (χ4v) is 8.71. The molecule has 0 aliphatic carbocycles. The Kier molecular flexibility index (Phi) is 13.9. The van der Waals surface area contributed by atoms with Gasteiger partial charge in [-0.1, -0.05) is 122 Å². The Balaban J connectivity index is 0.000000214. The summed E-state index contributed by atoms with van der Waals surface area (Å²) in [7, 11) is 7.68. The SMILES string of the molecule is [2H]C(C)(C)c1ccc(-c2ccc(C([2H])(C)C)c[n+]2C)c(C)c1.[2H]C([2H])([2H])c1ccc(-c2ccc(C([2H])(C)C)c[n+]2C)c(C)c1.[2H]C([2H])([2H])c1ccc(-c2ccc(C([2H])(C)C)cc2C)[n+](C)c1.[2H]C([2H])([2H])c1ccc(-c2ccc(C([2H])([2H])C)c[n+]2C)c(C)c1. The minimum Gasteiger partial charge on any atom is -0.201 e. The van der Waals surface area contributed by atoms with Gasteiger partial charge in [0.15, 0.2) is 24.8 Å². The summed E-state index contributed by atoms with van der Waals surface area (Å²) in [5, 5.41) is 0. The molecule has 0 fully saturated rings. The zero-order valence-electron chi connectivity index (χ0n) is 61.6. The van der Waals surface area contributed by atoms with Crippen LogP contribution in [0.25, 0.3) is 45.0 Å². The molecule has 0 radical (unpaired) electrons. The molecule has 4 aromatic heterocycles. The number of pyridine rings is 4. The van der Waals surface area contributed by atoms with Crippen LogP contribution in [0.5, 0.6) is 0 Å². The average Bonchev–Trinajstić information content (AvgIpc) is 1.57. The van der Waals surface area contributed by atoms with Gasteiger partial charge in [0, 0.05) is 89.3 Å². The number of aryl methyl sites for hydroxylation is 12. The minimum absolute atomic E-state index is 0.331. The van der Waals surface area contributed by atoms with Crippen molar-refractivity contribution in [1.29, 1.82) is 0 Å². The molecule has 8 rings (SSSR count). The fourth-order valence-electron chi connectivity index (χ4n) is 8.71. The van der Waals surface area contributed by atoms with Gasteiger partial charge in [0.2, 0.25) is 22.8 Å². The lowest BCUT2D eigenvalue weighted by Gasteiger charge is -2.11. The van der Waals surface area contributed by atoms with Crippen LogP contribution >= 0.6 is 0 Å². The van der Waals surface area contributed by atoms with Crippen LogP contribution in [0.2, 0.25) is 0 Å². The smallest absolute Gasteiger partial charge is 0.201 e. The van der Waals surface area contributed by atoms with E-state index in [1.807, 2.05) is 197 Å². The molecule has 4 nitrogen and oxygen atoms in total. The van der Waals surface area contributed by atoms with Gasteiger partial charge in [-0.3, -0.25) is 0 Å². The highest BCUT2D eigenvalue weighted by molar-refractivity contribution is 5.64. The van der Waals surface area contributed by atoms with Crippen molar-refractivity contribution in [2.75, 3.05) is 0 Å². The van der Waals surface area contributed by atoms with Crippen LogP contribution in [-0.2, 0) is 34.6 Å². The van der Waals surface area contributed by atoms with E-state index in [2.05, 4.69) is 29.7 Å². The van der Waals surface area contributed by atoms with Gasteiger partial charge in [0.1, 0.15) is 28.2 Å². The van der Waals surface area contributed by atoms with Crippen LogP contribution in [0.1, 0.15) is 173 Å². The summed E-state index contributed by atoms with van der Waals surface area (Å²) in [4.78, 5) is 0. The lowest BCUT2D eigenvalue weighted by molar-refractivity contribution is -0.661. The van der Waals surface area contributed by atoms with E-state index >= 15 is 0 Å². The zero-order valence-corrected chi connectivity index (χ0v) is 46.6. The van der Waals surface area contributed by atoms with E-state index in [0.29, 0.717) is 22.3 Å². The Morgan fingerprint density at radius 2 is 0.671 bits per heavy atom. The summed E-state index contributed by atoms with van der Waals surface area (Å²) in [6, 6.07) is 37.8. The summed E-state index contributed by atoms with van der Waals surface area (Å²) in [5.74, 6) is -2.44. The molecule has 0 saturated heterocycles. The third kappa shape index (κ3) is 15.3. The predicted octanol–water partition coefficient (Wildman–Crippen LogP) is 15.9. The topological polar surface area (TPSA) is 15.5 Å². The molecule has 0 bridgehead atoms. The monoisotopic (exact) mass is 990 g/mol. The number of benzene rings is 4. The van der Waals surface area contributed by atoms with Crippen molar-refractivity contribution in [3.8, 4) is 45.0 Å². The molecular formula is C69H90N4+4. The number of aromatic nitrogens is 4. The van der Waals surface area contributed by atoms with Crippen molar-refractivity contribution < 1.29 is 38.8 Å². The first-order chi connectivity index (χ1) is 40.0. The van der Waals surface area contributed by atoms with Gasteiger partial charge in [-0.05, 0) is 160 Å². The molecule has 0 unspecified atom stereocenters. The third-order valence-electron chi connectivity index (χ3n) is 13.1. The highest BCUT2D eigenvalue weighted by Crippen LogP contribution is 2.28. The molecule has 4 heteroatoms. The quantitative estimate of drug-likeness (QED) is 0.128. The average molecular weight is 991 g/mol. The minimum atomic E-state index is -2.10. The third-order valence-corrected chi connectivity index (χ3v) is 13.1. The Morgan fingerprint density at radius 3 is 0.973 bits per heavy atom. The van der Waals surface area contributed by atoms with Crippen LogP contribution in [0.15, 0.2) is 146 Å². The second-order valence-electron chi connectivity index (χ2n) is 20.0. The van der Waals surface area contributed by atoms with E-state index in [-0.39, 0.29) is 0 Å². The normalized spacial score (nSPS) is 15.3. The van der Waals surface area contributed by atoms with Crippen molar-refractivity contribution in [3.05, 3.63) is 213 Å². The Bertz CT molecular complexity index is 3030. The maximum Gasteiger partial charge on any atom is 0.212 e. The standard InChI is InChI=1S/C19H26N.2C17H22N.C16H20N/c1-13(2)16-7-9-18(15(5)11-16)19-10-8-17(14(3)4)12-20(19)6;1-12(2)15-7-8-16(14(4)10-15)17-9-6-13(3)11-18(17)5;1-12(2)15-7-9-17(18(5)11-15)16-8-6-13(3)10-14(16)4;1-5-14-7-9-16(17(4)11-14)15-8-6-12(2)10-13(15)3/h7-14H,1-6H3;2*6-12H,1-5H3;6-11H,5H2,1-4H3/q4*+1/i13D,14D;2*3D3,12D;2D3,5D2. The molecule has 73 heavy (non-hydrogen) atoms. The molecule has 4 aromatic carbocycles. The number of hydrogen-bond donors (Lipinski definition) is 0. The van der Waals surface area contributed by atoms with Gasteiger partial charge in [-0.2, -0.15) is 0 Å². The summed E-state index contributed by atoms with van der Waals surface area (Å²) < 4.78 is 123. The summed E-state index contributed by atoms with van der Waals surface area (Å²) in [6.07, 6.45) is 6.02. The fraction of sp³-hybridized carbons (Fsp3) is 0.362. The molecular weight excluding hydrogens is 885 g/mol. The second-order valence-corrected chi connectivity index (χ2v) is 20.0. The van der Waals surface area contributed by atoms with Crippen molar-refractivity contribution in [2.45, 2.75) is 141 Å². The van der Waals surface area contributed by atoms with Gasteiger partial charge in [0.25, 0.3) is 0 Å². The van der Waals surface area contributed by atoms with E-state index in [4.69, 9.17) is 20.6 Å². The number of nitrogens with zero attached hydrogens (tertiary/aromatic N) is 4. The van der Waals surface area contributed by atoms with E-state index in [9.17, 15) is 0 Å². The first-order valence-corrected chi connectivity index (χ1v) is 25.0. The molecule has 0 aliphatic heterocycles. The van der Waals surface area contributed by atoms with Crippen molar-refractivity contribution in [1.82, 2.24) is 0 Å². The summed E-state index contributed by atoms with van der Waals surface area (Å²) in [6.45, 7) is 18.2. The van der Waals surface area contributed by atoms with Crippen LogP contribution in [0, 0.1) is 48.3 Å². The molecule has 0 aliphatic rings. The van der Waals surface area contributed by atoms with Crippen molar-refractivity contribution in [3.63, 3.8) is 0 Å². The zero-order chi connectivity index (χ0) is 66.8. The van der Waals surface area contributed by atoms with Gasteiger partial charge in [0.05, 0.1) is 0 Å². The van der Waals surface area contributed by atoms with Crippen LogP contribution in [-0.4, -0.2) is 0 Å². The predicted molar refractivity (Wildman–Crippen MR) is 311 cm³/mol. The molecule has 0 atom stereocenters. The molecule has 8 aromatic rings. The van der Waals surface area contributed by atoms with Crippen molar-refractivity contribution >= 4 is 0 Å². The molecule has 4 heterocycles. The number of rotatable bonds is 9. The van der Waals surface area contributed by atoms with E-state index in [1.165, 1.54) is 18.1 Å². The van der Waals surface area contributed by atoms with Gasteiger partial charge < -0.3 is 0 Å². The summed E-state index contributed by atoms with van der Waals surface area (Å²) in [5.41, 5.74) is 17.8. The molecule has 0 amide bonds. The lowest BCUT2D eigenvalue weighted by Crippen LogP contribution is -2.31. The maximum absolute atomic E-state index is 8.16. The molecule has 382 valence electrons. The Hall–Kier alpha value is -6.52. The van der Waals surface area contributed by atoms with Gasteiger partial charge in [-0.15, -0.1) is 0 Å². The van der Waals surface area contributed by atoms with Crippen LogP contribution in [0.4, 0.5) is 0 Å². The molecule has 0 N–H and O–H groups in total. The van der Waals surface area contributed by atoms with E-state index in [0.717, 1.165) is 78.4 Å². The highest BCUT2D eigenvalue weighted by Gasteiger charge is 2.18. The second kappa shape index (κ2) is 25.9. The largest absolute Gasteiger partial charge is 0.212 e. The maximum atomic E-state index is 8.16. The molecule has 0 spiro atoms. The van der Waals surface area contributed by atoms with Crippen LogP contribution < -0.4 is 18.3 Å². The van der Waals surface area contributed by atoms with E-state index in [1.54, 1.807) is 48.8 Å². The van der Waals surface area contributed by atoms with Crippen LogP contribution in [0.3, 0.4) is 0 Å². The molecule has 0 saturated carbocycles. The van der Waals surface area contributed by atoms with Gasteiger partial charge >= 0.3 is 0 Å². The first-order valence-electron chi connectivity index (χ1n) is 32.5. The van der Waals surface area contributed by atoms with E-state index < -0.39 is 50.5 Å².